The van der Waals surface area contributed by atoms with E-state index in [2.05, 4.69) is 34.6 Å². The molecule has 1 fully saturated rings. The Hall–Kier alpha value is -1.45. The molecule has 1 saturated carbocycles. The first-order valence-electron chi connectivity index (χ1n) is 8.03. The topological polar surface area (TPSA) is 45.1 Å². The fraction of sp³-hybridized carbons (Fsp3) is 0.500. The molecule has 112 valence electrons. The highest BCUT2D eigenvalue weighted by Crippen LogP contribution is 2.29. The van der Waals surface area contributed by atoms with Gasteiger partial charge in [0, 0.05) is 18.5 Å². The Bertz CT molecular complexity index is 584. The Morgan fingerprint density at radius 3 is 2.71 bits per heavy atom. The van der Waals surface area contributed by atoms with Gasteiger partial charge in [-0.15, -0.1) is 0 Å². The number of nitrogens with one attached hydrogen (secondary N) is 1. The Kier molecular flexibility index (Phi) is 4.84. The average Bonchev–Trinajstić information content (AvgIpc) is 2.55. The van der Waals surface area contributed by atoms with Gasteiger partial charge in [0.05, 0.1) is 11.2 Å². The molecule has 2 unspecified atom stereocenters. The first-order valence-corrected chi connectivity index (χ1v) is 8.03. The van der Waals surface area contributed by atoms with E-state index in [0.29, 0.717) is 18.4 Å². The second-order valence-corrected chi connectivity index (χ2v) is 6.11. The van der Waals surface area contributed by atoms with E-state index in [-0.39, 0.29) is 0 Å². The lowest BCUT2D eigenvalue weighted by molar-refractivity contribution is 0.133. The molecule has 1 aromatic heterocycles. The molecule has 1 aromatic carbocycles. The summed E-state index contributed by atoms with van der Waals surface area (Å²) in [5, 5.41) is 14.2. The van der Waals surface area contributed by atoms with Gasteiger partial charge in [-0.2, -0.15) is 0 Å². The quantitative estimate of drug-likeness (QED) is 0.886. The molecule has 0 radical (unpaired) electrons. The van der Waals surface area contributed by atoms with Crippen LogP contribution in [0.1, 0.15) is 31.4 Å². The molecular formula is C18H24N2O. The predicted molar refractivity (Wildman–Crippen MR) is 86.0 cm³/mol. The molecule has 3 nitrogen and oxygen atoms in total. The van der Waals surface area contributed by atoms with Crippen LogP contribution in [0.5, 0.6) is 0 Å². The minimum atomic E-state index is 0.334. The molecule has 3 rings (SSSR count). The molecule has 1 aliphatic carbocycles. The standard InChI is InChI=1S/C18H24N2O/c21-13-16-7-2-1-6-15(16)11-19-12-17-10-9-14-5-3-4-8-18(14)20-17/h3-5,8-10,15-16,19,21H,1-2,6-7,11-13H2. The maximum atomic E-state index is 9.46. The van der Waals surface area contributed by atoms with Gasteiger partial charge in [-0.05, 0) is 43.4 Å². The van der Waals surface area contributed by atoms with Crippen LogP contribution in [-0.2, 0) is 6.54 Å². The average molecular weight is 284 g/mol. The molecule has 0 saturated heterocycles. The van der Waals surface area contributed by atoms with Gasteiger partial charge in [0.15, 0.2) is 0 Å². The molecule has 0 bridgehead atoms. The van der Waals surface area contributed by atoms with Gasteiger partial charge in [-0.3, -0.25) is 4.98 Å². The summed E-state index contributed by atoms with van der Waals surface area (Å²) >= 11 is 0. The number of benzene rings is 1. The Balaban J connectivity index is 1.56. The zero-order valence-electron chi connectivity index (χ0n) is 12.5. The molecule has 2 aromatic rings. The minimum Gasteiger partial charge on any atom is -0.396 e. The number of hydrogen-bond acceptors (Lipinski definition) is 3. The normalized spacial score (nSPS) is 22.5. The van der Waals surface area contributed by atoms with Gasteiger partial charge in [0.25, 0.3) is 0 Å². The van der Waals surface area contributed by atoms with Crippen LogP contribution in [0.3, 0.4) is 0 Å². The molecule has 0 spiro atoms. The van der Waals surface area contributed by atoms with Crippen LogP contribution >= 0.6 is 0 Å². The van der Waals surface area contributed by atoms with Crippen LogP contribution in [0.25, 0.3) is 10.9 Å². The molecule has 0 amide bonds. The number of fused-ring (bicyclic) bond motifs is 1. The molecule has 21 heavy (non-hydrogen) atoms. The maximum Gasteiger partial charge on any atom is 0.0705 e. The third-order valence-corrected chi connectivity index (χ3v) is 4.67. The van der Waals surface area contributed by atoms with Crippen LogP contribution < -0.4 is 5.32 Å². The summed E-state index contributed by atoms with van der Waals surface area (Å²) in [4.78, 5) is 4.69. The fourth-order valence-electron chi connectivity index (χ4n) is 3.39. The van der Waals surface area contributed by atoms with E-state index in [1.54, 1.807) is 0 Å². The van der Waals surface area contributed by atoms with E-state index in [4.69, 9.17) is 0 Å². The summed E-state index contributed by atoms with van der Waals surface area (Å²) in [7, 11) is 0. The number of aromatic nitrogens is 1. The van der Waals surface area contributed by atoms with Crippen LogP contribution in [0.4, 0.5) is 0 Å². The second kappa shape index (κ2) is 7.01. The van der Waals surface area contributed by atoms with E-state index in [9.17, 15) is 5.11 Å². The van der Waals surface area contributed by atoms with Crippen molar-refractivity contribution in [2.75, 3.05) is 13.2 Å². The summed E-state index contributed by atoms with van der Waals surface area (Å²) in [5.74, 6) is 1.10. The number of pyridine rings is 1. The van der Waals surface area contributed by atoms with E-state index >= 15 is 0 Å². The van der Waals surface area contributed by atoms with Crippen molar-refractivity contribution in [2.24, 2.45) is 11.8 Å². The summed E-state index contributed by atoms with van der Waals surface area (Å²) in [6, 6.07) is 12.5. The van der Waals surface area contributed by atoms with E-state index in [0.717, 1.165) is 24.3 Å². The predicted octanol–water partition coefficient (Wildman–Crippen LogP) is 3.12. The third kappa shape index (κ3) is 3.60. The lowest BCUT2D eigenvalue weighted by Crippen LogP contribution is -2.32. The van der Waals surface area contributed by atoms with Crippen LogP contribution in [-0.4, -0.2) is 23.2 Å². The van der Waals surface area contributed by atoms with Crippen molar-refractivity contribution in [1.29, 1.82) is 0 Å². The minimum absolute atomic E-state index is 0.334. The Morgan fingerprint density at radius 1 is 1.05 bits per heavy atom. The van der Waals surface area contributed by atoms with Crippen molar-refractivity contribution < 1.29 is 5.11 Å². The summed E-state index contributed by atoms with van der Waals surface area (Å²) in [6.45, 7) is 2.12. The van der Waals surface area contributed by atoms with Gasteiger partial charge < -0.3 is 10.4 Å². The summed E-state index contributed by atoms with van der Waals surface area (Å²) in [5.41, 5.74) is 2.15. The number of aliphatic hydroxyl groups is 1. The van der Waals surface area contributed by atoms with Crippen LogP contribution in [0, 0.1) is 11.8 Å². The van der Waals surface area contributed by atoms with Gasteiger partial charge in [-0.25, -0.2) is 0 Å². The van der Waals surface area contributed by atoms with Gasteiger partial charge in [-0.1, -0.05) is 37.1 Å². The zero-order valence-corrected chi connectivity index (χ0v) is 12.5. The lowest BCUT2D eigenvalue weighted by Gasteiger charge is -2.30. The molecular weight excluding hydrogens is 260 g/mol. The lowest BCUT2D eigenvalue weighted by atomic mass is 9.79. The van der Waals surface area contributed by atoms with Crippen molar-refractivity contribution in [2.45, 2.75) is 32.2 Å². The van der Waals surface area contributed by atoms with Crippen molar-refractivity contribution >= 4 is 10.9 Å². The zero-order chi connectivity index (χ0) is 14.5. The SMILES string of the molecule is OCC1CCCCC1CNCc1ccc2ccccc2n1. The smallest absolute Gasteiger partial charge is 0.0705 e. The monoisotopic (exact) mass is 284 g/mol. The summed E-state index contributed by atoms with van der Waals surface area (Å²) < 4.78 is 0. The number of para-hydroxylation sites is 1. The molecule has 2 atom stereocenters. The first-order chi connectivity index (χ1) is 10.4. The number of nitrogens with zero attached hydrogens (tertiary/aromatic N) is 1. The second-order valence-electron chi connectivity index (χ2n) is 6.11. The highest BCUT2D eigenvalue weighted by molar-refractivity contribution is 5.78. The largest absolute Gasteiger partial charge is 0.396 e. The Morgan fingerprint density at radius 2 is 1.86 bits per heavy atom. The number of rotatable bonds is 5. The Labute approximate surface area is 126 Å². The van der Waals surface area contributed by atoms with Gasteiger partial charge >= 0.3 is 0 Å². The van der Waals surface area contributed by atoms with Crippen molar-refractivity contribution in [3.8, 4) is 0 Å². The molecule has 2 N–H and O–H groups in total. The van der Waals surface area contributed by atoms with Crippen molar-refractivity contribution in [1.82, 2.24) is 10.3 Å². The highest BCUT2D eigenvalue weighted by atomic mass is 16.3. The fourth-order valence-corrected chi connectivity index (χ4v) is 3.39. The van der Waals surface area contributed by atoms with Crippen molar-refractivity contribution in [3.05, 3.63) is 42.1 Å². The number of aliphatic hydroxyl groups excluding tert-OH is 1. The van der Waals surface area contributed by atoms with Gasteiger partial charge in [0.2, 0.25) is 0 Å². The maximum absolute atomic E-state index is 9.46. The van der Waals surface area contributed by atoms with E-state index < -0.39 is 0 Å². The number of hydrogen-bond donors (Lipinski definition) is 2. The van der Waals surface area contributed by atoms with Crippen LogP contribution in [0.15, 0.2) is 36.4 Å². The van der Waals surface area contributed by atoms with Crippen LogP contribution in [0.2, 0.25) is 0 Å². The summed E-state index contributed by atoms with van der Waals surface area (Å²) in [6.07, 6.45) is 4.99. The highest BCUT2D eigenvalue weighted by Gasteiger charge is 2.23. The van der Waals surface area contributed by atoms with Gasteiger partial charge in [0.1, 0.15) is 0 Å². The molecule has 1 heterocycles. The third-order valence-electron chi connectivity index (χ3n) is 4.67. The van der Waals surface area contributed by atoms with E-state index in [1.165, 1.54) is 31.1 Å². The van der Waals surface area contributed by atoms with E-state index in [1.807, 2.05) is 12.1 Å². The molecule has 3 heteroatoms. The first kappa shape index (κ1) is 14.5. The molecule has 1 aliphatic rings. The van der Waals surface area contributed by atoms with Crippen molar-refractivity contribution in [3.63, 3.8) is 0 Å². The molecule has 0 aliphatic heterocycles.